The van der Waals surface area contributed by atoms with E-state index in [9.17, 15) is 36.2 Å². The molecule has 0 aliphatic heterocycles. The fourth-order valence-corrected chi connectivity index (χ4v) is 8.36. The van der Waals surface area contributed by atoms with Crippen LogP contribution in [0.1, 0.15) is 38.4 Å². The van der Waals surface area contributed by atoms with Crippen LogP contribution in [-0.4, -0.2) is 30.2 Å². The number of fused-ring (bicyclic) bond motifs is 2. The van der Waals surface area contributed by atoms with E-state index in [1.54, 1.807) is 45.8 Å². The maximum atomic E-state index is 13.1. The van der Waals surface area contributed by atoms with Crippen molar-refractivity contribution in [2.75, 3.05) is 0 Å². The van der Waals surface area contributed by atoms with Crippen molar-refractivity contribution in [3.63, 3.8) is 0 Å². The Morgan fingerprint density at radius 2 is 1.03 bits per heavy atom. The van der Waals surface area contributed by atoms with Gasteiger partial charge in [-0.25, -0.2) is 14.8 Å². The summed E-state index contributed by atoms with van der Waals surface area (Å²) in [5.74, 6) is -0.186. The number of aryl methyl sites for hydroxylation is 2. The van der Waals surface area contributed by atoms with Crippen LogP contribution in [0.2, 0.25) is 0 Å². The van der Waals surface area contributed by atoms with Gasteiger partial charge < -0.3 is 23.7 Å². The van der Waals surface area contributed by atoms with E-state index in [-0.39, 0.29) is 13.2 Å². The predicted molar refractivity (Wildman–Crippen MR) is 209 cm³/mol. The van der Waals surface area contributed by atoms with E-state index in [2.05, 4.69) is 9.97 Å². The van der Waals surface area contributed by atoms with Crippen molar-refractivity contribution in [2.45, 2.75) is 45.6 Å². The Morgan fingerprint density at radius 3 is 1.40 bits per heavy atom. The molecule has 0 saturated carbocycles. The molecule has 4 heterocycles. The zero-order valence-corrected chi connectivity index (χ0v) is 32.1. The van der Waals surface area contributed by atoms with Crippen LogP contribution in [0.3, 0.4) is 0 Å². The normalized spacial score (nSPS) is 12.2. The number of carbonyl (C=O) groups is 1. The van der Waals surface area contributed by atoms with Crippen LogP contribution >= 0.6 is 22.7 Å². The highest BCUT2D eigenvalue weighted by Gasteiger charge is 2.31. The highest BCUT2D eigenvalue weighted by Crippen LogP contribution is 2.36. The number of thiazole rings is 2. The van der Waals surface area contributed by atoms with Gasteiger partial charge in [0.25, 0.3) is 0 Å². The summed E-state index contributed by atoms with van der Waals surface area (Å²) in [6, 6.07) is 24.0. The number of alkyl halides is 6. The third-order valence-electron chi connectivity index (χ3n) is 9.59. The van der Waals surface area contributed by atoms with Crippen molar-refractivity contribution in [3.05, 3.63) is 142 Å². The molecular weight excluding hydrogens is 803 g/mol. The van der Waals surface area contributed by atoms with Crippen LogP contribution < -0.4 is 9.47 Å². The van der Waals surface area contributed by atoms with Crippen molar-refractivity contribution in [3.8, 4) is 32.6 Å². The Morgan fingerprint density at radius 1 is 0.638 bits per heavy atom. The highest BCUT2D eigenvalue weighted by molar-refractivity contribution is 7.15. The number of ether oxygens (including phenoxy) is 2. The molecule has 0 amide bonds. The zero-order chi connectivity index (χ0) is 40.9. The van der Waals surface area contributed by atoms with E-state index in [1.165, 1.54) is 46.9 Å². The molecule has 4 aromatic carbocycles. The second-order valence-electron chi connectivity index (χ2n) is 13.4. The van der Waals surface area contributed by atoms with Gasteiger partial charge in [0.15, 0.2) is 0 Å². The third-order valence-corrected chi connectivity index (χ3v) is 11.7. The largest absolute Gasteiger partial charge is 0.487 e. The summed E-state index contributed by atoms with van der Waals surface area (Å²) in [6.07, 6.45) is -6.67. The number of aromatic nitrogens is 4. The van der Waals surface area contributed by atoms with Crippen LogP contribution in [0.5, 0.6) is 11.5 Å². The van der Waals surface area contributed by atoms with Crippen molar-refractivity contribution in [2.24, 2.45) is 0 Å². The van der Waals surface area contributed by atoms with Gasteiger partial charge in [0, 0.05) is 45.4 Å². The molecule has 8 rings (SSSR count). The van der Waals surface area contributed by atoms with E-state index in [0.717, 1.165) is 44.8 Å². The van der Waals surface area contributed by atoms with Gasteiger partial charge >= 0.3 is 18.3 Å². The van der Waals surface area contributed by atoms with Crippen molar-refractivity contribution < 1.29 is 45.7 Å². The SMILES string of the molecule is Cc1sc(-c2ccc(C(F)(F)F)cc2)nc1COc1ccc2ccn(C(C(=O)O)n3ccc4ccc(OCc5nc(-c6ccc(C(F)(F)F)cc6)sc5C)cc43)c2c1. The minimum absolute atomic E-state index is 0.0827. The number of halogens is 6. The topological polar surface area (TPSA) is 91.4 Å². The molecular formula is C42H30F6N4O4S2. The molecule has 1 N–H and O–H groups in total. The summed E-state index contributed by atoms with van der Waals surface area (Å²) in [5, 5.41) is 13.3. The number of carboxylic acids is 1. The molecule has 0 aliphatic rings. The van der Waals surface area contributed by atoms with Gasteiger partial charge in [0.05, 0.1) is 33.5 Å². The van der Waals surface area contributed by atoms with Crippen molar-refractivity contribution >= 4 is 50.4 Å². The second kappa shape index (κ2) is 15.0. The van der Waals surface area contributed by atoms with Gasteiger partial charge in [-0.2, -0.15) is 26.3 Å². The number of benzene rings is 4. The fourth-order valence-electron chi connectivity index (χ4n) is 6.51. The molecule has 0 unspecified atom stereocenters. The quantitative estimate of drug-likeness (QED) is 0.131. The smallest absolute Gasteiger partial charge is 0.416 e. The summed E-state index contributed by atoms with van der Waals surface area (Å²) in [7, 11) is 0. The lowest BCUT2D eigenvalue weighted by Gasteiger charge is -2.20. The van der Waals surface area contributed by atoms with Gasteiger partial charge in [0.2, 0.25) is 6.17 Å². The van der Waals surface area contributed by atoms with Gasteiger partial charge in [-0.05, 0) is 85.3 Å². The van der Waals surface area contributed by atoms with Crippen LogP contribution in [0.15, 0.2) is 109 Å². The maximum Gasteiger partial charge on any atom is 0.416 e. The first-order valence-electron chi connectivity index (χ1n) is 17.6. The molecule has 0 spiro atoms. The van der Waals surface area contributed by atoms with E-state index in [4.69, 9.17) is 9.47 Å². The zero-order valence-electron chi connectivity index (χ0n) is 30.4. The average Bonchev–Trinajstić information content (AvgIpc) is 3.98. The molecule has 0 atom stereocenters. The Kier molecular flexibility index (Phi) is 10.0. The lowest BCUT2D eigenvalue weighted by molar-refractivity contribution is -0.141. The molecule has 8 aromatic rings. The number of aliphatic carboxylic acids is 1. The van der Waals surface area contributed by atoms with Crippen LogP contribution in [0.25, 0.3) is 42.9 Å². The predicted octanol–water partition coefficient (Wildman–Crippen LogP) is 11.8. The lowest BCUT2D eigenvalue weighted by atomic mass is 10.1. The van der Waals surface area contributed by atoms with Crippen molar-refractivity contribution in [1.82, 2.24) is 19.1 Å². The average molecular weight is 833 g/mol. The molecule has 296 valence electrons. The second-order valence-corrected chi connectivity index (χ2v) is 15.8. The Balaban J connectivity index is 1.00. The number of hydrogen-bond donors (Lipinski definition) is 1. The van der Waals surface area contributed by atoms with Gasteiger partial charge in [-0.3, -0.25) is 0 Å². The Labute approximate surface area is 334 Å². The summed E-state index contributed by atoms with van der Waals surface area (Å²) < 4.78 is 93.8. The third kappa shape index (κ3) is 7.76. The van der Waals surface area contributed by atoms with E-state index in [1.807, 2.05) is 38.1 Å². The molecule has 16 heteroatoms. The lowest BCUT2D eigenvalue weighted by Crippen LogP contribution is -2.25. The first kappa shape index (κ1) is 38.7. The molecule has 0 bridgehead atoms. The van der Waals surface area contributed by atoms with E-state index < -0.39 is 35.6 Å². The molecule has 4 aromatic heterocycles. The molecule has 58 heavy (non-hydrogen) atoms. The molecule has 0 radical (unpaired) electrons. The minimum Gasteiger partial charge on any atom is -0.487 e. The summed E-state index contributed by atoms with van der Waals surface area (Å²) in [6.45, 7) is 3.88. The summed E-state index contributed by atoms with van der Waals surface area (Å²) >= 11 is 2.70. The minimum atomic E-state index is -4.43. The number of hydrogen-bond acceptors (Lipinski definition) is 7. The van der Waals surface area contributed by atoms with Crippen LogP contribution in [0.4, 0.5) is 26.3 Å². The Bertz CT molecular complexity index is 2600. The highest BCUT2D eigenvalue weighted by atomic mass is 32.1. The maximum absolute atomic E-state index is 13.1. The number of rotatable bonds is 11. The standard InChI is InChI=1S/C42H30F6N4O4S2/c1-23-33(49-37(57-23)27-3-9-29(10-4-27)41(43,44)45)21-55-31-13-7-25-15-17-51(35(25)19-31)39(40(53)54)52-18-16-26-8-14-32(20-36(26)52)56-22-34-24(2)58-38(50-34)28-5-11-30(12-6-28)42(46,47)48/h3-20,39H,21-22H2,1-2H3,(H,53,54). The first-order valence-corrected chi connectivity index (χ1v) is 19.2. The molecule has 0 aliphatic carbocycles. The van der Waals surface area contributed by atoms with Gasteiger partial charge in [0.1, 0.15) is 34.7 Å². The molecule has 0 saturated heterocycles. The number of carboxylic acid groups (broad SMARTS) is 1. The molecule has 0 fully saturated rings. The fraction of sp³-hybridized carbons (Fsp3) is 0.167. The summed E-state index contributed by atoms with van der Waals surface area (Å²) in [5.41, 5.74) is 2.10. The van der Waals surface area contributed by atoms with E-state index in [0.29, 0.717) is 55.1 Å². The van der Waals surface area contributed by atoms with Gasteiger partial charge in [-0.15, -0.1) is 22.7 Å². The number of nitrogens with zero attached hydrogens (tertiary/aromatic N) is 4. The van der Waals surface area contributed by atoms with E-state index >= 15 is 0 Å². The van der Waals surface area contributed by atoms with Gasteiger partial charge in [-0.1, -0.05) is 24.3 Å². The summed E-state index contributed by atoms with van der Waals surface area (Å²) in [4.78, 5) is 23.9. The Hall–Kier alpha value is -6.13. The molecule has 8 nitrogen and oxygen atoms in total. The van der Waals surface area contributed by atoms with Crippen LogP contribution in [-0.2, 0) is 30.4 Å². The van der Waals surface area contributed by atoms with Crippen LogP contribution in [0, 0.1) is 13.8 Å². The first-order chi connectivity index (χ1) is 27.6. The van der Waals surface area contributed by atoms with Crippen molar-refractivity contribution in [1.29, 1.82) is 0 Å². The monoisotopic (exact) mass is 832 g/mol.